The summed E-state index contributed by atoms with van der Waals surface area (Å²) in [5.41, 5.74) is -5.82. The van der Waals surface area contributed by atoms with E-state index >= 15 is 0 Å². The van der Waals surface area contributed by atoms with E-state index in [1.807, 2.05) is 0 Å². The maximum Gasteiger partial charge on any atom is 0.430 e. The summed E-state index contributed by atoms with van der Waals surface area (Å²) < 4.78 is 0. The van der Waals surface area contributed by atoms with E-state index in [2.05, 4.69) is 0 Å². The molecule has 0 aliphatic rings. The Morgan fingerprint density at radius 1 is 0.625 bits per heavy atom. The molecule has 0 unspecified atom stereocenters. The van der Waals surface area contributed by atoms with Gasteiger partial charge in [-0.15, -0.1) is 0 Å². The maximum atomic E-state index is 11.3. The van der Waals surface area contributed by atoms with Crippen molar-refractivity contribution in [2.24, 2.45) is 0 Å². The normalized spacial score (nSPS) is 10.2. The molecule has 0 aliphatic carbocycles. The standard InChI is InChI=1S/C12H6N4O8/c17-13(18)9-6-8(7-4-2-1-3-5-7)10(14(19)20)12(16(23)24)11(9)15(21)22/h1-6H. The maximum absolute atomic E-state index is 11.3. The fraction of sp³-hybridized carbons (Fsp3) is 0. The van der Waals surface area contributed by atoms with Gasteiger partial charge in [-0.25, -0.2) is 0 Å². The van der Waals surface area contributed by atoms with Crippen molar-refractivity contribution in [3.05, 3.63) is 76.9 Å². The molecule has 2 aromatic rings. The molecule has 122 valence electrons. The first-order chi connectivity index (χ1) is 11.3. The van der Waals surface area contributed by atoms with Crippen molar-refractivity contribution in [2.75, 3.05) is 0 Å². The molecule has 0 spiro atoms. The zero-order valence-electron chi connectivity index (χ0n) is 11.5. The van der Waals surface area contributed by atoms with Crippen molar-refractivity contribution in [3.63, 3.8) is 0 Å². The highest BCUT2D eigenvalue weighted by molar-refractivity contribution is 5.88. The van der Waals surface area contributed by atoms with Crippen LogP contribution in [0.25, 0.3) is 11.1 Å². The van der Waals surface area contributed by atoms with Crippen LogP contribution in [0, 0.1) is 40.5 Å². The summed E-state index contributed by atoms with van der Waals surface area (Å²) in [6.45, 7) is 0. The lowest BCUT2D eigenvalue weighted by Crippen LogP contribution is -2.06. The van der Waals surface area contributed by atoms with Crippen LogP contribution in [-0.2, 0) is 0 Å². The van der Waals surface area contributed by atoms with Gasteiger partial charge in [-0.3, -0.25) is 40.5 Å². The van der Waals surface area contributed by atoms with Crippen LogP contribution >= 0.6 is 0 Å². The molecule has 0 aliphatic heterocycles. The van der Waals surface area contributed by atoms with Gasteiger partial charge in [0.25, 0.3) is 0 Å². The Kier molecular flexibility index (Phi) is 4.13. The van der Waals surface area contributed by atoms with Gasteiger partial charge in [0, 0.05) is 6.07 Å². The lowest BCUT2D eigenvalue weighted by atomic mass is 10.0. The van der Waals surface area contributed by atoms with Crippen LogP contribution in [0.2, 0.25) is 0 Å². The summed E-state index contributed by atoms with van der Waals surface area (Å²) in [6, 6.07) is 7.74. The molecular formula is C12H6N4O8. The smallest absolute Gasteiger partial charge is 0.258 e. The lowest BCUT2D eigenvalue weighted by Gasteiger charge is -2.05. The van der Waals surface area contributed by atoms with E-state index in [1.54, 1.807) is 6.07 Å². The summed E-state index contributed by atoms with van der Waals surface area (Å²) in [5.74, 6) is 0. The van der Waals surface area contributed by atoms with Gasteiger partial charge in [0.15, 0.2) is 0 Å². The molecule has 0 aromatic heterocycles. The first-order valence-electron chi connectivity index (χ1n) is 6.09. The van der Waals surface area contributed by atoms with Crippen LogP contribution in [0.15, 0.2) is 36.4 Å². The Morgan fingerprint density at radius 2 is 1.12 bits per heavy atom. The molecule has 2 aromatic carbocycles. The summed E-state index contributed by atoms with van der Waals surface area (Å²) >= 11 is 0. The Balaban J connectivity index is 3.06. The van der Waals surface area contributed by atoms with Crippen LogP contribution in [0.1, 0.15) is 0 Å². The molecular weight excluding hydrogens is 328 g/mol. The quantitative estimate of drug-likeness (QED) is 0.592. The highest BCUT2D eigenvalue weighted by Crippen LogP contribution is 2.48. The Labute approximate surface area is 131 Å². The molecule has 2 rings (SSSR count). The zero-order chi connectivity index (χ0) is 18.0. The van der Waals surface area contributed by atoms with Gasteiger partial charge in [0.05, 0.1) is 25.3 Å². The van der Waals surface area contributed by atoms with Crippen molar-refractivity contribution in [2.45, 2.75) is 0 Å². The monoisotopic (exact) mass is 334 g/mol. The molecule has 0 atom stereocenters. The molecule has 0 heterocycles. The summed E-state index contributed by atoms with van der Waals surface area (Å²) in [7, 11) is 0. The van der Waals surface area contributed by atoms with E-state index in [0.717, 1.165) is 0 Å². The van der Waals surface area contributed by atoms with Gasteiger partial charge in [0.2, 0.25) is 0 Å². The Bertz CT molecular complexity index is 880. The average Bonchev–Trinajstić information content (AvgIpc) is 2.53. The average molecular weight is 334 g/mol. The number of hydrogen-bond donors (Lipinski definition) is 0. The molecule has 0 radical (unpaired) electrons. The van der Waals surface area contributed by atoms with Crippen molar-refractivity contribution in [3.8, 4) is 11.1 Å². The molecule has 24 heavy (non-hydrogen) atoms. The molecule has 0 amide bonds. The van der Waals surface area contributed by atoms with Crippen molar-refractivity contribution >= 4 is 22.7 Å². The number of nitrogens with zero attached hydrogens (tertiary/aromatic N) is 4. The third-order valence-electron chi connectivity index (χ3n) is 3.06. The molecule has 12 nitrogen and oxygen atoms in total. The minimum absolute atomic E-state index is 0.0743. The Hall–Kier alpha value is -3.96. The minimum Gasteiger partial charge on any atom is -0.258 e. The second kappa shape index (κ2) is 6.04. The lowest BCUT2D eigenvalue weighted by molar-refractivity contribution is -0.451. The van der Waals surface area contributed by atoms with Gasteiger partial charge < -0.3 is 0 Å². The highest BCUT2D eigenvalue weighted by Gasteiger charge is 2.46. The highest BCUT2D eigenvalue weighted by atomic mass is 16.7. The summed E-state index contributed by atoms with van der Waals surface area (Å²) in [4.78, 5) is 39.5. The van der Waals surface area contributed by atoms with E-state index < -0.39 is 48.0 Å². The number of nitro benzene ring substituents is 4. The van der Waals surface area contributed by atoms with E-state index in [4.69, 9.17) is 0 Å². The molecule has 0 N–H and O–H groups in total. The molecule has 12 heteroatoms. The number of hydrogen-bond acceptors (Lipinski definition) is 8. The predicted octanol–water partition coefficient (Wildman–Crippen LogP) is 2.99. The van der Waals surface area contributed by atoms with Crippen LogP contribution < -0.4 is 0 Å². The fourth-order valence-corrected chi connectivity index (χ4v) is 2.15. The topological polar surface area (TPSA) is 173 Å². The third kappa shape index (κ3) is 2.70. The van der Waals surface area contributed by atoms with E-state index in [1.165, 1.54) is 24.3 Å². The number of rotatable bonds is 5. The predicted molar refractivity (Wildman–Crippen MR) is 78.5 cm³/mol. The van der Waals surface area contributed by atoms with E-state index in [9.17, 15) is 40.5 Å². The molecule has 0 saturated carbocycles. The molecule has 0 bridgehead atoms. The van der Waals surface area contributed by atoms with Gasteiger partial charge in [-0.1, -0.05) is 30.3 Å². The first kappa shape index (κ1) is 16.4. The number of nitro groups is 4. The zero-order valence-corrected chi connectivity index (χ0v) is 11.5. The number of benzene rings is 2. The van der Waals surface area contributed by atoms with Crippen LogP contribution in [-0.4, -0.2) is 19.7 Å². The van der Waals surface area contributed by atoms with Gasteiger partial charge in [-0.2, -0.15) is 0 Å². The van der Waals surface area contributed by atoms with Crippen LogP contribution in [0.4, 0.5) is 22.7 Å². The van der Waals surface area contributed by atoms with E-state index in [-0.39, 0.29) is 5.56 Å². The second-order valence-electron chi connectivity index (χ2n) is 4.38. The van der Waals surface area contributed by atoms with Gasteiger partial charge in [0.1, 0.15) is 0 Å². The van der Waals surface area contributed by atoms with E-state index in [0.29, 0.717) is 6.07 Å². The van der Waals surface area contributed by atoms with Gasteiger partial charge in [-0.05, 0) is 5.56 Å². The Morgan fingerprint density at radius 3 is 1.54 bits per heavy atom. The van der Waals surface area contributed by atoms with Crippen molar-refractivity contribution in [1.29, 1.82) is 0 Å². The van der Waals surface area contributed by atoms with Crippen molar-refractivity contribution in [1.82, 2.24) is 0 Å². The minimum atomic E-state index is -1.53. The van der Waals surface area contributed by atoms with Crippen LogP contribution in [0.5, 0.6) is 0 Å². The SMILES string of the molecule is O=[N+]([O-])c1cc(-c2ccccc2)c([N+](=O)[O-])c([N+](=O)[O-])c1[N+](=O)[O-]. The second-order valence-corrected chi connectivity index (χ2v) is 4.38. The fourth-order valence-electron chi connectivity index (χ4n) is 2.15. The third-order valence-corrected chi connectivity index (χ3v) is 3.06. The largest absolute Gasteiger partial charge is 0.430 e. The summed E-state index contributed by atoms with van der Waals surface area (Å²) in [5, 5.41) is 44.6. The first-order valence-corrected chi connectivity index (χ1v) is 6.09. The molecule has 0 saturated heterocycles. The van der Waals surface area contributed by atoms with Gasteiger partial charge >= 0.3 is 22.7 Å². The molecule has 0 fully saturated rings. The van der Waals surface area contributed by atoms with Crippen molar-refractivity contribution < 1.29 is 19.7 Å². The summed E-state index contributed by atoms with van der Waals surface area (Å²) in [6.07, 6.45) is 0. The van der Waals surface area contributed by atoms with Crippen LogP contribution in [0.3, 0.4) is 0 Å².